The van der Waals surface area contributed by atoms with Gasteiger partial charge in [-0.05, 0) is 75.1 Å². The Kier molecular flexibility index (Phi) is 4.39. The maximum Gasteiger partial charge on any atom is 0.257 e. The fourth-order valence-electron chi connectivity index (χ4n) is 4.40. The predicted molar refractivity (Wildman–Crippen MR) is 115 cm³/mol. The highest BCUT2D eigenvalue weighted by Crippen LogP contribution is 2.39. The molecule has 7 nitrogen and oxygen atoms in total. The fourth-order valence-corrected chi connectivity index (χ4v) is 4.40. The summed E-state index contributed by atoms with van der Waals surface area (Å²) < 4.78 is 14.1. The van der Waals surface area contributed by atoms with Crippen molar-refractivity contribution < 1.29 is 9.18 Å². The van der Waals surface area contributed by atoms with Gasteiger partial charge in [-0.2, -0.15) is 15.0 Å². The quantitative estimate of drug-likeness (QED) is 0.544. The number of H-pyrrole nitrogens is 1. The van der Waals surface area contributed by atoms with Gasteiger partial charge < -0.3 is 9.88 Å². The van der Waals surface area contributed by atoms with Crippen molar-refractivity contribution in [2.24, 2.45) is 0 Å². The van der Waals surface area contributed by atoms with E-state index in [-0.39, 0.29) is 11.5 Å². The van der Waals surface area contributed by atoms with Crippen LogP contribution >= 0.6 is 0 Å². The minimum absolute atomic E-state index is 0.229. The zero-order valence-corrected chi connectivity index (χ0v) is 17.7. The van der Waals surface area contributed by atoms with Crippen LogP contribution in [0.5, 0.6) is 0 Å². The van der Waals surface area contributed by atoms with Gasteiger partial charge in [-0.3, -0.25) is 4.79 Å². The first-order valence-corrected chi connectivity index (χ1v) is 10.3. The number of nitrogens with one attached hydrogen (secondary N) is 1. The lowest BCUT2D eigenvalue weighted by Gasteiger charge is -2.34. The molecule has 0 radical (unpaired) electrons. The molecule has 0 saturated carbocycles. The number of rotatable bonds is 3. The smallest absolute Gasteiger partial charge is 0.257 e. The molecule has 2 aromatic carbocycles. The molecule has 1 saturated heterocycles. The summed E-state index contributed by atoms with van der Waals surface area (Å²) in [6.07, 6.45) is 4.65. The number of carbonyl (C=O) groups excluding carboxylic acids is 1. The second-order valence-corrected chi connectivity index (χ2v) is 8.35. The first-order chi connectivity index (χ1) is 14.9. The molecule has 1 N–H and O–H groups in total. The average Bonchev–Trinajstić information content (AvgIpc) is 3.48. The highest BCUT2D eigenvalue weighted by molar-refractivity contribution is 5.98. The minimum Gasteiger partial charge on any atom is -0.340 e. The maximum absolute atomic E-state index is 14.1. The van der Waals surface area contributed by atoms with E-state index in [1.54, 1.807) is 4.90 Å². The summed E-state index contributed by atoms with van der Waals surface area (Å²) >= 11 is 0. The number of imidazole rings is 1. The topological polar surface area (TPSA) is 79.7 Å². The van der Waals surface area contributed by atoms with E-state index in [2.05, 4.69) is 41.2 Å². The molecule has 0 unspecified atom stereocenters. The van der Waals surface area contributed by atoms with Gasteiger partial charge in [0.15, 0.2) is 0 Å². The molecule has 0 bridgehead atoms. The molecule has 4 aromatic rings. The summed E-state index contributed by atoms with van der Waals surface area (Å²) in [4.78, 5) is 25.1. The van der Waals surface area contributed by atoms with Crippen LogP contribution in [0.2, 0.25) is 0 Å². The van der Waals surface area contributed by atoms with E-state index < -0.39 is 11.4 Å². The molecule has 1 amide bonds. The van der Waals surface area contributed by atoms with Crippen LogP contribution < -0.4 is 0 Å². The molecule has 0 spiro atoms. The molecule has 2 aromatic heterocycles. The number of aromatic nitrogens is 5. The molecular formula is C23H23FN6O. The summed E-state index contributed by atoms with van der Waals surface area (Å²) in [5.74, 6) is 0.00276. The number of halogens is 1. The maximum atomic E-state index is 14.1. The van der Waals surface area contributed by atoms with E-state index in [0.29, 0.717) is 12.2 Å². The largest absolute Gasteiger partial charge is 0.340 e. The van der Waals surface area contributed by atoms with Gasteiger partial charge in [0.05, 0.1) is 40.2 Å². The Bertz CT molecular complexity index is 1260. The molecule has 1 fully saturated rings. The Hall–Kier alpha value is -3.55. The van der Waals surface area contributed by atoms with Crippen molar-refractivity contribution in [2.75, 3.05) is 6.54 Å². The standard InChI is InChI=1S/C23H23FN6O/c1-14-11-18-19(12-15(14)2)28-22(27-18)23(3)7-4-10-29(23)21(31)17-13-16(24)5-6-20(17)30-25-8-9-26-30/h5-6,8-9,11-13H,4,7,10H2,1-3H3,(H,27,28)/t23-/m0/s1. The number of likely N-dealkylation sites (tertiary alicyclic amines) is 1. The first-order valence-electron chi connectivity index (χ1n) is 10.3. The van der Waals surface area contributed by atoms with Crippen molar-refractivity contribution in [3.63, 3.8) is 0 Å². The second-order valence-electron chi connectivity index (χ2n) is 8.35. The van der Waals surface area contributed by atoms with Crippen molar-refractivity contribution in [3.8, 4) is 5.69 Å². The van der Waals surface area contributed by atoms with Crippen LogP contribution in [-0.2, 0) is 5.54 Å². The van der Waals surface area contributed by atoms with Gasteiger partial charge in [-0.25, -0.2) is 9.37 Å². The summed E-state index contributed by atoms with van der Waals surface area (Å²) in [6, 6.07) is 8.24. The van der Waals surface area contributed by atoms with Crippen LogP contribution in [0.25, 0.3) is 16.7 Å². The van der Waals surface area contributed by atoms with Gasteiger partial charge in [-0.1, -0.05) is 0 Å². The molecular weight excluding hydrogens is 395 g/mol. The predicted octanol–water partition coefficient (Wildman–Crippen LogP) is 4.05. The Morgan fingerprint density at radius 1 is 1.13 bits per heavy atom. The molecule has 3 heterocycles. The van der Waals surface area contributed by atoms with E-state index in [9.17, 15) is 9.18 Å². The molecule has 0 aliphatic carbocycles. The third-order valence-electron chi connectivity index (χ3n) is 6.32. The van der Waals surface area contributed by atoms with Crippen molar-refractivity contribution >= 4 is 16.9 Å². The summed E-state index contributed by atoms with van der Waals surface area (Å²) in [5, 5.41) is 8.24. The van der Waals surface area contributed by atoms with Gasteiger partial charge >= 0.3 is 0 Å². The summed E-state index contributed by atoms with van der Waals surface area (Å²) in [6.45, 7) is 6.70. The molecule has 5 rings (SSSR count). The average molecular weight is 418 g/mol. The first kappa shape index (κ1) is 19.4. The number of hydrogen-bond acceptors (Lipinski definition) is 4. The van der Waals surface area contributed by atoms with Crippen LogP contribution in [0.4, 0.5) is 4.39 Å². The van der Waals surface area contributed by atoms with Gasteiger partial charge in [0.1, 0.15) is 11.6 Å². The van der Waals surface area contributed by atoms with Gasteiger partial charge in [0.2, 0.25) is 0 Å². The zero-order valence-electron chi connectivity index (χ0n) is 17.7. The van der Waals surface area contributed by atoms with E-state index >= 15 is 0 Å². The minimum atomic E-state index is -0.626. The lowest BCUT2D eigenvalue weighted by molar-refractivity contribution is 0.0605. The summed E-state index contributed by atoms with van der Waals surface area (Å²) in [5.41, 5.74) is 4.23. The van der Waals surface area contributed by atoms with E-state index in [1.165, 1.54) is 46.5 Å². The Morgan fingerprint density at radius 3 is 2.65 bits per heavy atom. The van der Waals surface area contributed by atoms with Gasteiger partial charge in [-0.15, -0.1) is 0 Å². The second kappa shape index (κ2) is 7.01. The number of aromatic amines is 1. The number of carbonyl (C=O) groups is 1. The number of nitrogens with zero attached hydrogens (tertiary/aromatic N) is 5. The van der Waals surface area contributed by atoms with E-state index in [4.69, 9.17) is 4.98 Å². The molecule has 1 aliphatic rings. The lowest BCUT2D eigenvalue weighted by atomic mass is 9.97. The Balaban J connectivity index is 1.58. The highest BCUT2D eigenvalue weighted by Gasteiger charge is 2.44. The number of fused-ring (bicyclic) bond motifs is 1. The van der Waals surface area contributed by atoms with E-state index in [1.807, 2.05) is 6.92 Å². The van der Waals surface area contributed by atoms with Crippen molar-refractivity contribution in [1.29, 1.82) is 0 Å². The highest BCUT2D eigenvalue weighted by atomic mass is 19.1. The molecule has 1 atom stereocenters. The van der Waals surface area contributed by atoms with Crippen LogP contribution in [0, 0.1) is 19.7 Å². The fraction of sp³-hybridized carbons (Fsp3) is 0.304. The van der Waals surface area contributed by atoms with Gasteiger partial charge in [0.25, 0.3) is 5.91 Å². The summed E-state index contributed by atoms with van der Waals surface area (Å²) in [7, 11) is 0. The van der Waals surface area contributed by atoms with Crippen molar-refractivity contribution in [3.05, 3.63) is 71.1 Å². The van der Waals surface area contributed by atoms with E-state index in [0.717, 1.165) is 29.7 Å². The Morgan fingerprint density at radius 2 is 1.87 bits per heavy atom. The van der Waals surface area contributed by atoms with Crippen LogP contribution in [-0.4, -0.2) is 42.3 Å². The number of aryl methyl sites for hydroxylation is 2. The van der Waals surface area contributed by atoms with Crippen LogP contribution in [0.3, 0.4) is 0 Å². The molecule has 31 heavy (non-hydrogen) atoms. The van der Waals surface area contributed by atoms with Crippen molar-refractivity contribution in [1.82, 2.24) is 29.9 Å². The number of benzene rings is 2. The molecule has 1 aliphatic heterocycles. The zero-order chi connectivity index (χ0) is 21.8. The van der Waals surface area contributed by atoms with Gasteiger partial charge in [0, 0.05) is 6.54 Å². The number of hydrogen-bond donors (Lipinski definition) is 1. The molecule has 8 heteroatoms. The third kappa shape index (κ3) is 3.10. The Labute approximate surface area is 178 Å². The lowest BCUT2D eigenvalue weighted by Crippen LogP contribution is -2.44. The van der Waals surface area contributed by atoms with Crippen LogP contribution in [0.1, 0.15) is 47.1 Å². The normalized spacial score (nSPS) is 18.8. The SMILES string of the molecule is Cc1cc2nc([C@]3(C)CCCN3C(=O)c3cc(F)ccc3-n3nccn3)[nH]c2cc1C. The van der Waals surface area contributed by atoms with Crippen molar-refractivity contribution in [2.45, 2.75) is 39.2 Å². The van der Waals surface area contributed by atoms with Crippen LogP contribution in [0.15, 0.2) is 42.7 Å². The monoisotopic (exact) mass is 418 g/mol. The number of amides is 1. The molecule has 158 valence electrons. The third-order valence-corrected chi connectivity index (χ3v) is 6.32.